The molecule has 146 valence electrons. The van der Waals surface area contributed by atoms with Crippen LogP contribution in [-0.2, 0) is 13.6 Å². The predicted octanol–water partition coefficient (Wildman–Crippen LogP) is 3.23. The number of anilines is 1. The number of amides is 1. The molecule has 2 heterocycles. The highest BCUT2D eigenvalue weighted by atomic mass is 35.5. The maximum atomic E-state index is 13.2. The van der Waals surface area contributed by atoms with Crippen LogP contribution in [0.3, 0.4) is 0 Å². The van der Waals surface area contributed by atoms with Gasteiger partial charge in [-0.2, -0.15) is 10.2 Å². The molecular weight excluding hydrogens is 391 g/mol. The van der Waals surface area contributed by atoms with E-state index in [0.717, 1.165) is 0 Å². The third-order valence-corrected chi connectivity index (χ3v) is 4.61. The van der Waals surface area contributed by atoms with E-state index in [-0.39, 0.29) is 34.5 Å². The molecule has 3 rings (SSSR count). The quantitative estimate of drug-likeness (QED) is 0.517. The largest absolute Gasteiger partial charge is 0.322 e. The highest BCUT2D eigenvalue weighted by Crippen LogP contribution is 2.24. The van der Waals surface area contributed by atoms with Crippen molar-refractivity contribution in [3.05, 3.63) is 67.9 Å². The Hall–Kier alpha value is -3.27. The van der Waals surface area contributed by atoms with Crippen LogP contribution in [0.25, 0.3) is 0 Å². The molecule has 1 N–H and O–H groups in total. The first-order valence-corrected chi connectivity index (χ1v) is 8.53. The van der Waals surface area contributed by atoms with Gasteiger partial charge in [0.15, 0.2) is 5.82 Å². The molecule has 0 aliphatic rings. The molecule has 0 saturated carbocycles. The van der Waals surface area contributed by atoms with E-state index in [1.54, 1.807) is 23.7 Å². The zero-order valence-corrected chi connectivity index (χ0v) is 16.0. The van der Waals surface area contributed by atoms with E-state index >= 15 is 0 Å². The number of aromatic nitrogens is 4. The summed E-state index contributed by atoms with van der Waals surface area (Å²) >= 11 is 6.04. The van der Waals surface area contributed by atoms with Gasteiger partial charge < -0.3 is 5.32 Å². The maximum absolute atomic E-state index is 13.2. The first-order chi connectivity index (χ1) is 13.2. The van der Waals surface area contributed by atoms with Crippen LogP contribution in [0, 0.1) is 29.8 Å². The van der Waals surface area contributed by atoms with E-state index in [9.17, 15) is 19.3 Å². The molecular formula is C17H16ClFN6O3. The number of nitro groups is 1. The van der Waals surface area contributed by atoms with Gasteiger partial charge in [0.1, 0.15) is 11.5 Å². The summed E-state index contributed by atoms with van der Waals surface area (Å²) in [6, 6.07) is 5.67. The van der Waals surface area contributed by atoms with Crippen molar-refractivity contribution in [2.24, 2.45) is 7.05 Å². The summed E-state index contributed by atoms with van der Waals surface area (Å²) in [6.07, 6.45) is 0. The van der Waals surface area contributed by atoms with Gasteiger partial charge in [-0.1, -0.05) is 17.7 Å². The summed E-state index contributed by atoms with van der Waals surface area (Å²) in [7, 11) is 1.52. The average molecular weight is 407 g/mol. The Kier molecular flexibility index (Phi) is 5.14. The lowest BCUT2D eigenvalue weighted by Gasteiger charge is -2.06. The third kappa shape index (κ3) is 3.72. The van der Waals surface area contributed by atoms with Crippen LogP contribution < -0.4 is 5.32 Å². The molecule has 0 saturated heterocycles. The fourth-order valence-corrected chi connectivity index (χ4v) is 2.91. The van der Waals surface area contributed by atoms with Gasteiger partial charge in [0, 0.05) is 23.8 Å². The standard InChI is InChI=1S/C17H16ClFN6O3/c1-9-6-14(21-24(9)8-11-4-5-12(19)7-13(11)18)20-17(26)15-16(25(27)28)10(2)23(3)22-15/h4-7H,8H2,1-3H3,(H,20,21,26). The lowest BCUT2D eigenvalue weighted by Crippen LogP contribution is -2.15. The van der Waals surface area contributed by atoms with Gasteiger partial charge in [0.2, 0.25) is 5.69 Å². The van der Waals surface area contributed by atoms with Gasteiger partial charge in [0.05, 0.1) is 11.5 Å². The first-order valence-electron chi connectivity index (χ1n) is 8.15. The van der Waals surface area contributed by atoms with Crippen LogP contribution in [0.2, 0.25) is 5.02 Å². The number of carbonyl (C=O) groups is 1. The molecule has 9 nitrogen and oxygen atoms in total. The van der Waals surface area contributed by atoms with Crippen molar-refractivity contribution in [2.75, 3.05) is 5.32 Å². The fraction of sp³-hybridized carbons (Fsp3) is 0.235. The van der Waals surface area contributed by atoms with E-state index < -0.39 is 16.6 Å². The van der Waals surface area contributed by atoms with Crippen LogP contribution in [0.15, 0.2) is 24.3 Å². The number of aryl methyl sites for hydroxylation is 2. The Bertz CT molecular complexity index is 1090. The number of halogens is 2. The van der Waals surface area contributed by atoms with Crippen molar-refractivity contribution in [1.82, 2.24) is 19.6 Å². The second-order valence-corrected chi connectivity index (χ2v) is 6.59. The zero-order chi connectivity index (χ0) is 20.6. The molecule has 3 aromatic rings. The summed E-state index contributed by atoms with van der Waals surface area (Å²) in [5.74, 6) is -0.968. The highest BCUT2D eigenvalue weighted by Gasteiger charge is 2.29. The predicted molar refractivity (Wildman–Crippen MR) is 100 cm³/mol. The zero-order valence-electron chi connectivity index (χ0n) is 15.2. The van der Waals surface area contributed by atoms with Gasteiger partial charge in [-0.05, 0) is 31.5 Å². The van der Waals surface area contributed by atoms with Gasteiger partial charge in [0.25, 0.3) is 5.91 Å². The number of hydrogen-bond donors (Lipinski definition) is 1. The van der Waals surface area contributed by atoms with Crippen molar-refractivity contribution < 1.29 is 14.1 Å². The van der Waals surface area contributed by atoms with Crippen LogP contribution in [-0.4, -0.2) is 30.4 Å². The lowest BCUT2D eigenvalue weighted by atomic mass is 10.2. The molecule has 0 aliphatic carbocycles. The third-order valence-electron chi connectivity index (χ3n) is 4.26. The Morgan fingerprint density at radius 1 is 1.32 bits per heavy atom. The molecule has 2 aromatic heterocycles. The van der Waals surface area contributed by atoms with E-state index in [1.807, 2.05) is 0 Å². The maximum Gasteiger partial charge on any atom is 0.322 e. The lowest BCUT2D eigenvalue weighted by molar-refractivity contribution is -0.385. The second-order valence-electron chi connectivity index (χ2n) is 6.18. The van der Waals surface area contributed by atoms with Crippen LogP contribution in [0.4, 0.5) is 15.9 Å². The monoisotopic (exact) mass is 406 g/mol. The summed E-state index contributed by atoms with van der Waals surface area (Å²) in [6.45, 7) is 3.55. The summed E-state index contributed by atoms with van der Waals surface area (Å²) in [5, 5.41) is 22.2. The first kappa shape index (κ1) is 19.5. The summed E-state index contributed by atoms with van der Waals surface area (Å²) in [4.78, 5) is 23.1. The average Bonchev–Trinajstić information content (AvgIpc) is 3.10. The molecule has 0 radical (unpaired) electrons. The molecule has 0 spiro atoms. The van der Waals surface area contributed by atoms with Crippen molar-refractivity contribution in [2.45, 2.75) is 20.4 Å². The smallest absolute Gasteiger partial charge is 0.303 e. The Morgan fingerprint density at radius 2 is 2.04 bits per heavy atom. The Balaban J connectivity index is 1.83. The van der Waals surface area contributed by atoms with Crippen molar-refractivity contribution >= 4 is 29.0 Å². The minimum absolute atomic E-state index is 0.207. The normalized spacial score (nSPS) is 10.9. The SMILES string of the molecule is Cc1c([N+](=O)[O-])c(C(=O)Nc2cc(C)n(Cc3ccc(F)cc3Cl)n2)nn1C. The van der Waals surface area contributed by atoms with Gasteiger partial charge in [-0.3, -0.25) is 24.3 Å². The molecule has 1 aromatic carbocycles. The van der Waals surface area contributed by atoms with E-state index in [4.69, 9.17) is 11.6 Å². The van der Waals surface area contributed by atoms with Crippen LogP contribution in [0.1, 0.15) is 27.4 Å². The molecule has 11 heteroatoms. The number of nitrogens with zero attached hydrogens (tertiary/aromatic N) is 5. The van der Waals surface area contributed by atoms with E-state index in [0.29, 0.717) is 11.3 Å². The number of hydrogen-bond acceptors (Lipinski definition) is 5. The molecule has 1 amide bonds. The van der Waals surface area contributed by atoms with Crippen molar-refractivity contribution in [1.29, 1.82) is 0 Å². The number of benzene rings is 1. The molecule has 28 heavy (non-hydrogen) atoms. The van der Waals surface area contributed by atoms with Crippen LogP contribution in [0.5, 0.6) is 0 Å². The van der Waals surface area contributed by atoms with Crippen molar-refractivity contribution in [3.63, 3.8) is 0 Å². The second kappa shape index (κ2) is 7.39. The molecule has 0 aliphatic heterocycles. The Morgan fingerprint density at radius 3 is 2.68 bits per heavy atom. The summed E-state index contributed by atoms with van der Waals surface area (Å²) < 4.78 is 16.0. The number of carbonyl (C=O) groups excluding carboxylic acids is 1. The van der Waals surface area contributed by atoms with Crippen LogP contribution >= 0.6 is 11.6 Å². The minimum atomic E-state index is -0.736. The Labute approximate surface area is 163 Å². The van der Waals surface area contributed by atoms with Crippen molar-refractivity contribution in [3.8, 4) is 0 Å². The topological polar surface area (TPSA) is 108 Å². The van der Waals surface area contributed by atoms with E-state index in [2.05, 4.69) is 15.5 Å². The van der Waals surface area contributed by atoms with Gasteiger partial charge >= 0.3 is 5.69 Å². The summed E-state index contributed by atoms with van der Waals surface area (Å²) in [5.41, 5.74) is 0.987. The fourth-order valence-electron chi connectivity index (χ4n) is 2.69. The minimum Gasteiger partial charge on any atom is -0.303 e. The highest BCUT2D eigenvalue weighted by molar-refractivity contribution is 6.31. The van der Waals surface area contributed by atoms with E-state index in [1.165, 1.54) is 30.8 Å². The molecule has 0 fully saturated rings. The molecule has 0 atom stereocenters. The van der Waals surface area contributed by atoms with Gasteiger partial charge in [-0.25, -0.2) is 4.39 Å². The number of nitrogens with one attached hydrogen (secondary N) is 1. The molecule has 0 unspecified atom stereocenters. The molecule has 0 bridgehead atoms. The number of rotatable bonds is 5. The van der Waals surface area contributed by atoms with Gasteiger partial charge in [-0.15, -0.1) is 0 Å².